The van der Waals surface area contributed by atoms with Gasteiger partial charge in [-0.25, -0.2) is 4.98 Å². The van der Waals surface area contributed by atoms with Crippen LogP contribution >= 0.6 is 0 Å². The summed E-state index contributed by atoms with van der Waals surface area (Å²) in [5, 5.41) is 2.39. The molecule has 0 bridgehead atoms. The van der Waals surface area contributed by atoms with Gasteiger partial charge >= 0.3 is 0 Å². The number of benzene rings is 10. The monoisotopic (exact) mass is 831 g/mol. The molecule has 0 amide bonds. The van der Waals surface area contributed by atoms with Crippen LogP contribution in [0.1, 0.15) is 33.4 Å². The second kappa shape index (κ2) is 15.5. The SMILES string of the molecule is Cc1ccc(C2(c3ccc(C)cc3)c3ccccc3-c3ccc(-c4ccc(N(c5ccc(-c6nc7ccccc7n6-c6ccccc6)cc5)c5cccc6ccccc56)cc4)cc32)cc1. The maximum atomic E-state index is 5.16. The lowest BCUT2D eigenvalue weighted by molar-refractivity contribution is 0.768. The third-order valence-corrected chi connectivity index (χ3v) is 13.4. The average Bonchev–Trinajstić information content (AvgIpc) is 3.90. The summed E-state index contributed by atoms with van der Waals surface area (Å²) in [5.74, 6) is 0.913. The summed E-state index contributed by atoms with van der Waals surface area (Å²) in [5.41, 5.74) is 19.6. The predicted molar refractivity (Wildman–Crippen MR) is 271 cm³/mol. The minimum atomic E-state index is -0.467. The zero-order valence-corrected chi connectivity index (χ0v) is 36.4. The van der Waals surface area contributed by atoms with Crippen LogP contribution in [0.2, 0.25) is 0 Å². The highest BCUT2D eigenvalue weighted by molar-refractivity contribution is 5.99. The molecule has 0 aliphatic heterocycles. The molecule has 0 saturated carbocycles. The quantitative estimate of drug-likeness (QED) is 0.152. The lowest BCUT2D eigenvalue weighted by atomic mass is 9.67. The Morgan fingerprint density at radius 1 is 0.431 bits per heavy atom. The first kappa shape index (κ1) is 38.4. The van der Waals surface area contributed by atoms with Crippen LogP contribution < -0.4 is 4.90 Å². The summed E-state index contributed by atoms with van der Waals surface area (Å²) < 4.78 is 2.26. The Balaban J connectivity index is 0.977. The minimum Gasteiger partial charge on any atom is -0.310 e. The van der Waals surface area contributed by atoms with E-state index >= 15 is 0 Å². The number of hydrogen-bond donors (Lipinski definition) is 0. The molecule has 0 atom stereocenters. The van der Waals surface area contributed by atoms with E-state index < -0.39 is 5.41 Å². The molecule has 308 valence electrons. The van der Waals surface area contributed by atoms with Crippen LogP contribution in [0.15, 0.2) is 237 Å². The number of fused-ring (bicyclic) bond motifs is 5. The van der Waals surface area contributed by atoms with Crippen LogP contribution in [0.25, 0.3) is 61.1 Å². The molecule has 65 heavy (non-hydrogen) atoms. The van der Waals surface area contributed by atoms with Crippen molar-refractivity contribution in [2.75, 3.05) is 4.90 Å². The Bertz CT molecular complexity index is 3480. The van der Waals surface area contributed by atoms with Gasteiger partial charge in [-0.1, -0.05) is 175 Å². The fourth-order valence-corrected chi connectivity index (χ4v) is 10.3. The molecule has 1 heterocycles. The lowest BCUT2D eigenvalue weighted by Crippen LogP contribution is -2.28. The average molecular weight is 832 g/mol. The molecule has 12 rings (SSSR count). The zero-order valence-electron chi connectivity index (χ0n) is 36.4. The van der Waals surface area contributed by atoms with Gasteiger partial charge in [-0.05, 0) is 137 Å². The van der Waals surface area contributed by atoms with E-state index in [0.29, 0.717) is 0 Å². The van der Waals surface area contributed by atoms with Gasteiger partial charge in [0.25, 0.3) is 0 Å². The van der Waals surface area contributed by atoms with Crippen molar-refractivity contribution in [2.45, 2.75) is 19.3 Å². The molecule has 0 saturated heterocycles. The Morgan fingerprint density at radius 2 is 1.00 bits per heavy atom. The normalized spacial score (nSPS) is 12.6. The van der Waals surface area contributed by atoms with Gasteiger partial charge in [0.2, 0.25) is 0 Å². The molecule has 1 aliphatic rings. The van der Waals surface area contributed by atoms with Crippen molar-refractivity contribution < 1.29 is 0 Å². The molecule has 3 heteroatoms. The molecule has 3 nitrogen and oxygen atoms in total. The van der Waals surface area contributed by atoms with Crippen LogP contribution in [-0.4, -0.2) is 9.55 Å². The van der Waals surface area contributed by atoms with Crippen molar-refractivity contribution in [3.8, 4) is 39.3 Å². The number of hydrogen-bond acceptors (Lipinski definition) is 2. The van der Waals surface area contributed by atoms with Crippen LogP contribution in [0, 0.1) is 13.8 Å². The number of nitrogens with zero attached hydrogens (tertiary/aromatic N) is 3. The Hall–Kier alpha value is -8.27. The van der Waals surface area contributed by atoms with Crippen molar-refractivity contribution in [3.05, 3.63) is 270 Å². The largest absolute Gasteiger partial charge is 0.310 e. The maximum Gasteiger partial charge on any atom is 0.145 e. The second-order valence-electron chi connectivity index (χ2n) is 17.3. The molecular formula is C62H45N3. The van der Waals surface area contributed by atoms with Crippen LogP contribution in [0.5, 0.6) is 0 Å². The summed E-state index contributed by atoms with van der Waals surface area (Å²) in [6.07, 6.45) is 0. The molecule has 0 N–H and O–H groups in total. The van der Waals surface area contributed by atoms with E-state index in [1.54, 1.807) is 0 Å². The van der Waals surface area contributed by atoms with Crippen molar-refractivity contribution in [1.29, 1.82) is 0 Å². The highest BCUT2D eigenvalue weighted by atomic mass is 15.1. The molecule has 10 aromatic carbocycles. The first-order chi connectivity index (χ1) is 32.0. The van der Waals surface area contributed by atoms with Crippen molar-refractivity contribution in [3.63, 3.8) is 0 Å². The third kappa shape index (κ3) is 6.31. The summed E-state index contributed by atoms with van der Waals surface area (Å²) in [6, 6.07) is 86.5. The highest BCUT2D eigenvalue weighted by Gasteiger charge is 2.46. The molecular weight excluding hydrogens is 787 g/mol. The Morgan fingerprint density at radius 3 is 1.72 bits per heavy atom. The van der Waals surface area contributed by atoms with Gasteiger partial charge in [0.15, 0.2) is 0 Å². The summed E-state index contributed by atoms with van der Waals surface area (Å²) >= 11 is 0. The van der Waals surface area contributed by atoms with Crippen LogP contribution in [0.3, 0.4) is 0 Å². The third-order valence-electron chi connectivity index (χ3n) is 13.4. The summed E-state index contributed by atoms with van der Waals surface area (Å²) in [7, 11) is 0. The summed E-state index contributed by atoms with van der Waals surface area (Å²) in [6.45, 7) is 4.34. The van der Waals surface area contributed by atoms with Crippen molar-refractivity contribution in [1.82, 2.24) is 9.55 Å². The standard InChI is InChI=1S/C62H45N3/c1-42-23-32-48(33-24-42)62(49-34-25-43(2)26-35-49)56-19-9-8-18-54(56)55-40-31-47(41-57(55)62)44-27-36-51(37-28-44)64(59-22-12-14-45-13-6-7-17-53(45)59)52-38-29-46(30-39-52)61-63-58-20-10-11-21-60(58)65(61)50-15-4-3-5-16-50/h3-41H,1-2H3. The topological polar surface area (TPSA) is 21.1 Å². The van der Waals surface area contributed by atoms with E-state index in [4.69, 9.17) is 4.98 Å². The first-order valence-corrected chi connectivity index (χ1v) is 22.4. The Kier molecular flexibility index (Phi) is 9.17. The van der Waals surface area contributed by atoms with Gasteiger partial charge in [0, 0.05) is 28.0 Å². The fourth-order valence-electron chi connectivity index (χ4n) is 10.3. The lowest BCUT2D eigenvalue weighted by Gasteiger charge is -2.34. The smallest absolute Gasteiger partial charge is 0.145 e. The molecule has 0 fully saturated rings. The number of para-hydroxylation sites is 3. The van der Waals surface area contributed by atoms with Gasteiger partial charge in [0.1, 0.15) is 5.82 Å². The zero-order chi connectivity index (χ0) is 43.5. The minimum absolute atomic E-state index is 0.467. The van der Waals surface area contributed by atoms with Crippen molar-refractivity contribution >= 4 is 38.9 Å². The molecule has 1 aromatic heterocycles. The van der Waals surface area contributed by atoms with E-state index in [-0.39, 0.29) is 0 Å². The van der Waals surface area contributed by atoms with Crippen LogP contribution in [0.4, 0.5) is 17.1 Å². The number of aromatic nitrogens is 2. The number of aryl methyl sites for hydroxylation is 2. The predicted octanol–water partition coefficient (Wildman–Crippen LogP) is 16.0. The molecule has 0 radical (unpaired) electrons. The maximum absolute atomic E-state index is 5.16. The van der Waals surface area contributed by atoms with E-state index in [0.717, 1.165) is 45.2 Å². The highest BCUT2D eigenvalue weighted by Crippen LogP contribution is 2.57. The Labute approximate surface area is 380 Å². The van der Waals surface area contributed by atoms with E-state index in [1.165, 1.54) is 66.4 Å². The van der Waals surface area contributed by atoms with Gasteiger partial charge in [-0.15, -0.1) is 0 Å². The number of anilines is 3. The van der Waals surface area contributed by atoms with E-state index in [9.17, 15) is 0 Å². The number of rotatable bonds is 8. The van der Waals surface area contributed by atoms with Gasteiger partial charge in [0.05, 0.1) is 22.1 Å². The summed E-state index contributed by atoms with van der Waals surface area (Å²) in [4.78, 5) is 7.55. The second-order valence-corrected chi connectivity index (χ2v) is 17.3. The fraction of sp³-hybridized carbons (Fsp3) is 0.0484. The van der Waals surface area contributed by atoms with E-state index in [2.05, 4.69) is 260 Å². The first-order valence-electron chi connectivity index (χ1n) is 22.4. The molecule has 0 unspecified atom stereocenters. The van der Waals surface area contributed by atoms with Gasteiger partial charge in [-0.3, -0.25) is 4.57 Å². The molecule has 1 aliphatic carbocycles. The van der Waals surface area contributed by atoms with Crippen LogP contribution in [-0.2, 0) is 5.41 Å². The molecule has 11 aromatic rings. The molecule has 0 spiro atoms. The number of imidazole rings is 1. The van der Waals surface area contributed by atoms with E-state index in [1.807, 2.05) is 0 Å². The van der Waals surface area contributed by atoms with Gasteiger partial charge in [-0.2, -0.15) is 0 Å². The van der Waals surface area contributed by atoms with Crippen molar-refractivity contribution in [2.24, 2.45) is 0 Å². The van der Waals surface area contributed by atoms with Gasteiger partial charge < -0.3 is 4.90 Å².